The van der Waals surface area contributed by atoms with Crippen molar-refractivity contribution in [2.45, 2.75) is 77.0 Å². The maximum absolute atomic E-state index is 12.9. The number of halogens is 2. The SMILES string of the molecule is CC(C)(C)OC(=O)N1C[C@@H]2C[C@H]1CN2c1nc(OC2CCOCC2)nc2c(OCc3ccc(CO)cc3)c(Br)c(I)cc12. The summed E-state index contributed by atoms with van der Waals surface area (Å²) in [5.74, 6) is 1.40. The van der Waals surface area contributed by atoms with E-state index in [0.717, 1.165) is 49.6 Å². The number of fused-ring (bicyclic) bond motifs is 3. The van der Waals surface area contributed by atoms with Crippen LogP contribution in [0.5, 0.6) is 11.8 Å². The van der Waals surface area contributed by atoms with Gasteiger partial charge in [-0.05, 0) is 82.9 Å². The maximum atomic E-state index is 12.9. The van der Waals surface area contributed by atoms with Gasteiger partial charge in [0, 0.05) is 34.9 Å². The molecule has 2 bridgehead atoms. The molecule has 1 aromatic heterocycles. The molecule has 10 nitrogen and oxygen atoms in total. The van der Waals surface area contributed by atoms with Gasteiger partial charge in [0.25, 0.3) is 0 Å². The molecule has 3 fully saturated rings. The minimum Gasteiger partial charge on any atom is -0.485 e. The Morgan fingerprint density at radius 3 is 2.49 bits per heavy atom. The highest BCUT2D eigenvalue weighted by molar-refractivity contribution is 14.1. The number of nitrogens with zero attached hydrogens (tertiary/aromatic N) is 4. The predicted molar refractivity (Wildman–Crippen MR) is 174 cm³/mol. The molecule has 0 aliphatic carbocycles. The Hall–Kier alpha value is -2.42. The zero-order chi connectivity index (χ0) is 30.3. The van der Waals surface area contributed by atoms with Gasteiger partial charge in [0.2, 0.25) is 0 Å². The Kier molecular flexibility index (Phi) is 8.91. The number of ether oxygens (including phenoxy) is 4. The molecule has 12 heteroatoms. The van der Waals surface area contributed by atoms with Crippen LogP contribution < -0.4 is 14.4 Å². The van der Waals surface area contributed by atoms with E-state index < -0.39 is 5.60 Å². The number of benzene rings is 2. The first kappa shape index (κ1) is 30.6. The van der Waals surface area contributed by atoms with Gasteiger partial charge < -0.3 is 33.9 Å². The molecule has 230 valence electrons. The second kappa shape index (κ2) is 12.5. The van der Waals surface area contributed by atoms with Crippen molar-refractivity contribution in [1.82, 2.24) is 14.9 Å². The first-order chi connectivity index (χ1) is 20.6. The van der Waals surface area contributed by atoms with Crippen molar-refractivity contribution in [3.8, 4) is 11.8 Å². The van der Waals surface area contributed by atoms with Crippen molar-refractivity contribution < 1.29 is 28.8 Å². The lowest BCUT2D eigenvalue weighted by atomic mass is 10.1. The zero-order valence-electron chi connectivity index (χ0n) is 24.5. The molecule has 0 spiro atoms. The van der Waals surface area contributed by atoms with Gasteiger partial charge in [-0.3, -0.25) is 0 Å². The van der Waals surface area contributed by atoms with Crippen LogP contribution in [-0.4, -0.2) is 76.2 Å². The molecule has 3 aliphatic rings. The van der Waals surface area contributed by atoms with Crippen molar-refractivity contribution in [2.24, 2.45) is 0 Å². The highest BCUT2D eigenvalue weighted by Crippen LogP contribution is 2.44. The van der Waals surface area contributed by atoms with Crippen molar-refractivity contribution in [3.63, 3.8) is 0 Å². The molecule has 0 saturated carbocycles. The number of amides is 1. The van der Waals surface area contributed by atoms with Crippen LogP contribution in [0, 0.1) is 3.57 Å². The fraction of sp³-hybridized carbons (Fsp3) is 0.516. The van der Waals surface area contributed by atoms with Crippen LogP contribution in [0.4, 0.5) is 10.6 Å². The normalized spacial score (nSPS) is 20.6. The number of hydrogen-bond acceptors (Lipinski definition) is 9. The number of piperazine rings is 1. The maximum Gasteiger partial charge on any atom is 0.410 e. The minimum absolute atomic E-state index is 0.00230. The van der Waals surface area contributed by atoms with Gasteiger partial charge >= 0.3 is 12.1 Å². The smallest absolute Gasteiger partial charge is 0.410 e. The van der Waals surface area contributed by atoms with Gasteiger partial charge in [0.05, 0.1) is 36.4 Å². The van der Waals surface area contributed by atoms with Gasteiger partial charge in [-0.1, -0.05) is 24.3 Å². The summed E-state index contributed by atoms with van der Waals surface area (Å²) in [6.07, 6.45) is 2.11. The lowest BCUT2D eigenvalue weighted by Gasteiger charge is -2.36. The van der Waals surface area contributed by atoms with Crippen molar-refractivity contribution in [1.29, 1.82) is 0 Å². The number of rotatable bonds is 7. The average Bonchev–Trinajstić information content (AvgIpc) is 3.59. The summed E-state index contributed by atoms with van der Waals surface area (Å²) < 4.78 is 25.8. The summed E-state index contributed by atoms with van der Waals surface area (Å²) >= 11 is 6.05. The van der Waals surface area contributed by atoms with Crippen molar-refractivity contribution in [2.75, 3.05) is 31.2 Å². The summed E-state index contributed by atoms with van der Waals surface area (Å²) in [6.45, 7) is 8.51. The van der Waals surface area contributed by atoms with Gasteiger partial charge in [-0.25, -0.2) is 4.79 Å². The second-order valence-electron chi connectivity index (χ2n) is 12.2. The van der Waals surface area contributed by atoms with Crippen LogP contribution in [0.25, 0.3) is 10.9 Å². The van der Waals surface area contributed by atoms with E-state index >= 15 is 0 Å². The first-order valence-electron chi connectivity index (χ1n) is 14.6. The molecule has 6 rings (SSSR count). The molecule has 2 aromatic carbocycles. The number of aromatic nitrogens is 2. The number of aliphatic hydroxyl groups is 1. The predicted octanol–water partition coefficient (Wildman–Crippen LogP) is 5.82. The monoisotopic (exact) mass is 766 g/mol. The van der Waals surface area contributed by atoms with Crippen molar-refractivity contribution in [3.05, 3.63) is 49.5 Å². The molecular formula is C31H36BrIN4O6. The molecule has 0 unspecified atom stereocenters. The second-order valence-corrected chi connectivity index (χ2v) is 14.2. The summed E-state index contributed by atoms with van der Waals surface area (Å²) in [5, 5.41) is 10.3. The number of aliphatic hydroxyl groups excluding tert-OH is 1. The fourth-order valence-corrected chi connectivity index (χ4v) is 6.83. The van der Waals surface area contributed by atoms with Gasteiger partial charge in [0.15, 0.2) is 5.75 Å². The zero-order valence-corrected chi connectivity index (χ0v) is 28.3. The largest absolute Gasteiger partial charge is 0.485 e. The van der Waals surface area contributed by atoms with E-state index in [0.29, 0.717) is 50.2 Å². The van der Waals surface area contributed by atoms with Crippen LogP contribution in [0.1, 0.15) is 51.2 Å². The highest BCUT2D eigenvalue weighted by Gasteiger charge is 2.47. The van der Waals surface area contributed by atoms with Crippen LogP contribution >= 0.6 is 38.5 Å². The van der Waals surface area contributed by atoms with Gasteiger partial charge in [0.1, 0.15) is 29.6 Å². The number of likely N-dealkylation sites (tertiary alicyclic amines) is 1. The van der Waals surface area contributed by atoms with E-state index in [9.17, 15) is 9.90 Å². The fourth-order valence-electron chi connectivity index (χ4n) is 5.86. The lowest BCUT2D eigenvalue weighted by molar-refractivity contribution is 0.0206. The average molecular weight is 767 g/mol. The Labute approximate surface area is 273 Å². The minimum atomic E-state index is -0.542. The molecule has 3 saturated heterocycles. The standard InChI is InChI=1S/C31H36BrIN4O6/c1-31(2,3)43-30(39)37-15-20-12-21(37)14-36(20)28-23-13-24(33)25(32)27(41-17-19-6-4-18(16-38)5-7-19)26(23)34-29(35-28)42-22-8-10-40-11-9-22/h4-7,13,20-22,38H,8-12,14-17H2,1-3H3/t20-,21-/m0/s1. The molecule has 3 aromatic rings. The van der Waals surface area contributed by atoms with E-state index in [1.165, 1.54) is 0 Å². The van der Waals surface area contributed by atoms with Gasteiger partial charge in [-0.15, -0.1) is 0 Å². The number of carbonyl (C=O) groups is 1. The Balaban J connectivity index is 1.35. The van der Waals surface area contributed by atoms with Crippen LogP contribution in [0.3, 0.4) is 0 Å². The topological polar surface area (TPSA) is 106 Å². The quantitative estimate of drug-likeness (QED) is 0.298. The third-order valence-corrected chi connectivity index (χ3v) is 10.3. The first-order valence-corrected chi connectivity index (χ1v) is 16.5. The third kappa shape index (κ3) is 6.66. The molecule has 2 atom stereocenters. The molecule has 0 radical (unpaired) electrons. The molecule has 43 heavy (non-hydrogen) atoms. The Morgan fingerprint density at radius 2 is 1.84 bits per heavy atom. The summed E-state index contributed by atoms with van der Waals surface area (Å²) in [7, 11) is 0. The number of hydrogen-bond donors (Lipinski definition) is 1. The summed E-state index contributed by atoms with van der Waals surface area (Å²) in [6, 6.07) is 10.2. The van der Waals surface area contributed by atoms with Crippen LogP contribution in [0.15, 0.2) is 34.8 Å². The Bertz CT molecular complexity index is 1490. The van der Waals surface area contributed by atoms with Crippen molar-refractivity contribution >= 4 is 61.3 Å². The molecule has 1 amide bonds. The summed E-state index contributed by atoms with van der Waals surface area (Å²) in [5.41, 5.74) is 1.95. The van der Waals surface area contributed by atoms with E-state index in [2.05, 4.69) is 49.5 Å². The third-order valence-electron chi connectivity index (χ3n) is 7.97. The molecule has 3 aliphatic heterocycles. The van der Waals surface area contributed by atoms with E-state index in [4.69, 9.17) is 28.9 Å². The Morgan fingerprint density at radius 1 is 1.12 bits per heavy atom. The van der Waals surface area contributed by atoms with Crippen LogP contribution in [0.2, 0.25) is 0 Å². The molecule has 4 heterocycles. The summed E-state index contributed by atoms with van der Waals surface area (Å²) in [4.78, 5) is 27.0. The lowest BCUT2D eigenvalue weighted by Crippen LogP contribution is -2.50. The number of anilines is 1. The van der Waals surface area contributed by atoms with E-state index in [1.807, 2.05) is 49.9 Å². The van der Waals surface area contributed by atoms with E-state index in [1.54, 1.807) is 0 Å². The number of carbonyl (C=O) groups excluding carboxylic acids is 1. The molecule has 1 N–H and O–H groups in total. The highest BCUT2D eigenvalue weighted by atomic mass is 127. The van der Waals surface area contributed by atoms with Gasteiger partial charge in [-0.2, -0.15) is 9.97 Å². The van der Waals surface area contributed by atoms with E-state index in [-0.39, 0.29) is 30.9 Å². The van der Waals surface area contributed by atoms with Crippen LogP contribution in [-0.2, 0) is 22.7 Å². The molecular weight excluding hydrogens is 731 g/mol.